The molecule has 2 bridgehead atoms. The summed E-state index contributed by atoms with van der Waals surface area (Å²) in [6, 6.07) is 8.99. The van der Waals surface area contributed by atoms with Crippen LogP contribution in [0.1, 0.15) is 24.9 Å². The van der Waals surface area contributed by atoms with Gasteiger partial charge < -0.3 is 4.74 Å². The van der Waals surface area contributed by atoms with Gasteiger partial charge in [0.15, 0.2) is 0 Å². The number of hydrogen-bond donors (Lipinski definition) is 2. The van der Waals surface area contributed by atoms with Crippen LogP contribution < -0.4 is 16.0 Å². The number of fused-ring (bicyclic) bond motifs is 3. The molecule has 0 saturated carbocycles. The number of nitrogens with zero attached hydrogens (tertiary/aromatic N) is 2. The van der Waals surface area contributed by atoms with Crippen molar-refractivity contribution >= 4 is 0 Å². The van der Waals surface area contributed by atoms with Gasteiger partial charge in [-0.2, -0.15) is 0 Å². The molecule has 2 atom stereocenters. The van der Waals surface area contributed by atoms with Gasteiger partial charge in [0.05, 0.1) is 12.6 Å². The number of ether oxygens (including phenoxy) is 1. The number of benzene rings is 1. The second-order valence-electron chi connectivity index (χ2n) is 5.97. The Morgan fingerprint density at radius 1 is 1.24 bits per heavy atom. The van der Waals surface area contributed by atoms with Crippen LogP contribution in [0.3, 0.4) is 0 Å². The maximum atomic E-state index is 5.86. The second kappa shape index (κ2) is 6.75. The zero-order valence-electron chi connectivity index (χ0n) is 12.8. The van der Waals surface area contributed by atoms with E-state index in [9.17, 15) is 0 Å². The zero-order chi connectivity index (χ0) is 14.7. The number of nitrogens with one attached hydrogen (secondary N) is 1. The van der Waals surface area contributed by atoms with Crippen LogP contribution in [0.15, 0.2) is 24.3 Å². The van der Waals surface area contributed by atoms with Gasteiger partial charge in [-0.05, 0) is 24.1 Å². The number of rotatable bonds is 6. The Kier molecular flexibility index (Phi) is 4.75. The zero-order valence-corrected chi connectivity index (χ0v) is 12.8. The third-order valence-electron chi connectivity index (χ3n) is 4.60. The summed E-state index contributed by atoms with van der Waals surface area (Å²) in [5.41, 5.74) is 4.26. The average Bonchev–Trinajstić information content (AvgIpc) is 2.56. The molecule has 1 aromatic carbocycles. The Hall–Kier alpha value is -1.14. The van der Waals surface area contributed by atoms with Crippen molar-refractivity contribution in [2.45, 2.75) is 25.4 Å². The van der Waals surface area contributed by atoms with Crippen molar-refractivity contribution in [2.75, 3.05) is 39.3 Å². The summed E-state index contributed by atoms with van der Waals surface area (Å²) < 4.78 is 5.65. The van der Waals surface area contributed by atoms with E-state index in [4.69, 9.17) is 10.6 Å². The van der Waals surface area contributed by atoms with Gasteiger partial charge in [-0.1, -0.05) is 19.1 Å². The minimum atomic E-state index is 0.174. The fourth-order valence-electron chi connectivity index (χ4n) is 3.39. The van der Waals surface area contributed by atoms with E-state index in [1.165, 1.54) is 18.7 Å². The minimum Gasteiger partial charge on any atom is -0.494 e. The van der Waals surface area contributed by atoms with Crippen LogP contribution in [0.25, 0.3) is 0 Å². The third kappa shape index (κ3) is 3.21. The number of hydrogen-bond acceptors (Lipinski definition) is 5. The Balaban J connectivity index is 1.71. The van der Waals surface area contributed by atoms with Crippen molar-refractivity contribution in [3.8, 4) is 5.75 Å². The van der Waals surface area contributed by atoms with Crippen LogP contribution >= 0.6 is 0 Å². The highest BCUT2D eigenvalue weighted by Crippen LogP contribution is 2.27. The van der Waals surface area contributed by atoms with Crippen molar-refractivity contribution in [2.24, 2.45) is 5.84 Å². The normalized spacial score (nSPS) is 29.3. The van der Waals surface area contributed by atoms with E-state index in [-0.39, 0.29) is 6.04 Å². The van der Waals surface area contributed by atoms with Crippen LogP contribution in [0.2, 0.25) is 0 Å². The summed E-state index contributed by atoms with van der Waals surface area (Å²) in [7, 11) is 0. The van der Waals surface area contributed by atoms with Crippen LogP contribution in [0.5, 0.6) is 5.75 Å². The van der Waals surface area contributed by atoms with E-state index in [1.807, 2.05) is 12.1 Å². The Bertz CT molecular complexity index is 442. The molecule has 3 saturated heterocycles. The summed E-state index contributed by atoms with van der Waals surface area (Å²) in [5.74, 6) is 6.79. The lowest BCUT2D eigenvalue weighted by atomic mass is 9.94. The lowest BCUT2D eigenvalue weighted by molar-refractivity contribution is -0.00370. The first-order chi connectivity index (χ1) is 10.3. The molecule has 0 aromatic heterocycles. The molecule has 116 valence electrons. The van der Waals surface area contributed by atoms with Gasteiger partial charge in [-0.3, -0.25) is 21.1 Å². The van der Waals surface area contributed by atoms with Gasteiger partial charge in [-0.15, -0.1) is 0 Å². The Morgan fingerprint density at radius 2 is 1.95 bits per heavy atom. The lowest BCUT2D eigenvalue weighted by Crippen LogP contribution is -2.64. The third-order valence-corrected chi connectivity index (χ3v) is 4.60. The van der Waals surface area contributed by atoms with E-state index >= 15 is 0 Å². The molecule has 3 N–H and O–H groups in total. The molecule has 5 heteroatoms. The molecule has 4 rings (SSSR count). The second-order valence-corrected chi connectivity index (χ2v) is 5.97. The van der Waals surface area contributed by atoms with Gasteiger partial charge in [0.2, 0.25) is 0 Å². The van der Waals surface area contributed by atoms with Crippen LogP contribution in [0, 0.1) is 0 Å². The maximum absolute atomic E-state index is 5.86. The van der Waals surface area contributed by atoms with Crippen molar-refractivity contribution < 1.29 is 4.74 Å². The molecular formula is C16H26N4O. The van der Waals surface area contributed by atoms with Gasteiger partial charge in [0, 0.05) is 38.8 Å². The quantitative estimate of drug-likeness (QED) is 0.604. The van der Waals surface area contributed by atoms with Crippen molar-refractivity contribution in [3.05, 3.63) is 29.8 Å². The summed E-state index contributed by atoms with van der Waals surface area (Å²) in [6.45, 7) is 8.67. The first-order valence-electron chi connectivity index (χ1n) is 7.97. The molecule has 0 radical (unpaired) electrons. The fourth-order valence-corrected chi connectivity index (χ4v) is 3.39. The molecular weight excluding hydrogens is 264 g/mol. The first kappa shape index (κ1) is 14.8. The van der Waals surface area contributed by atoms with E-state index in [0.717, 1.165) is 38.4 Å². The molecule has 0 aliphatic carbocycles. The van der Waals surface area contributed by atoms with Crippen LogP contribution in [-0.4, -0.2) is 55.2 Å². The largest absolute Gasteiger partial charge is 0.494 e. The topological polar surface area (TPSA) is 53.8 Å². The lowest BCUT2D eigenvalue weighted by Gasteiger charge is -2.50. The molecule has 21 heavy (non-hydrogen) atoms. The standard InChI is InChI=1S/C16H26N4O/c1-2-11-21-14-5-3-13(4-6-14)16(18-17)15-12-19-7-9-20(15)10-8-19/h3-6,15-16,18H,2,7-12,17H2,1H3. The predicted molar refractivity (Wildman–Crippen MR) is 84.1 cm³/mol. The highest BCUT2D eigenvalue weighted by molar-refractivity contribution is 5.30. The molecule has 3 aliphatic heterocycles. The molecule has 2 unspecified atom stereocenters. The molecule has 3 heterocycles. The molecule has 0 spiro atoms. The van der Waals surface area contributed by atoms with E-state index < -0.39 is 0 Å². The number of hydrazine groups is 1. The minimum absolute atomic E-state index is 0.174. The molecule has 1 aromatic rings. The monoisotopic (exact) mass is 290 g/mol. The smallest absolute Gasteiger partial charge is 0.119 e. The Labute approximate surface area is 127 Å². The van der Waals surface area contributed by atoms with Gasteiger partial charge in [-0.25, -0.2) is 0 Å². The molecule has 3 fully saturated rings. The summed E-state index contributed by atoms with van der Waals surface area (Å²) in [6.07, 6.45) is 1.03. The van der Waals surface area contributed by atoms with E-state index in [1.54, 1.807) is 0 Å². The average molecular weight is 290 g/mol. The fraction of sp³-hybridized carbons (Fsp3) is 0.625. The molecule has 5 nitrogen and oxygen atoms in total. The highest BCUT2D eigenvalue weighted by atomic mass is 16.5. The SMILES string of the molecule is CCCOc1ccc(C(NN)C2CN3CCN2CC3)cc1. The van der Waals surface area contributed by atoms with Gasteiger partial charge >= 0.3 is 0 Å². The van der Waals surface area contributed by atoms with E-state index in [2.05, 4.69) is 34.3 Å². The van der Waals surface area contributed by atoms with Crippen molar-refractivity contribution in [1.82, 2.24) is 15.2 Å². The van der Waals surface area contributed by atoms with Crippen molar-refractivity contribution in [3.63, 3.8) is 0 Å². The van der Waals surface area contributed by atoms with Gasteiger partial charge in [0.25, 0.3) is 0 Å². The highest BCUT2D eigenvalue weighted by Gasteiger charge is 2.36. The molecule has 0 amide bonds. The summed E-state index contributed by atoms with van der Waals surface area (Å²) in [4.78, 5) is 5.10. The van der Waals surface area contributed by atoms with Crippen LogP contribution in [-0.2, 0) is 0 Å². The van der Waals surface area contributed by atoms with E-state index in [0.29, 0.717) is 6.04 Å². The summed E-state index contributed by atoms with van der Waals surface area (Å²) >= 11 is 0. The predicted octanol–water partition coefficient (Wildman–Crippen LogP) is 0.980. The van der Waals surface area contributed by atoms with Crippen LogP contribution in [0.4, 0.5) is 0 Å². The van der Waals surface area contributed by atoms with Gasteiger partial charge in [0.1, 0.15) is 5.75 Å². The number of nitrogens with two attached hydrogens (primary N) is 1. The summed E-state index contributed by atoms with van der Waals surface area (Å²) in [5, 5.41) is 0. The molecule has 3 aliphatic rings. The Morgan fingerprint density at radius 3 is 2.48 bits per heavy atom. The van der Waals surface area contributed by atoms with Crippen molar-refractivity contribution in [1.29, 1.82) is 0 Å². The first-order valence-corrected chi connectivity index (χ1v) is 7.97. The number of piperazine rings is 3. The maximum Gasteiger partial charge on any atom is 0.119 e.